The largest absolute Gasteiger partial charge is 0.375 e. The molecule has 0 fully saturated rings. The Morgan fingerprint density at radius 1 is 1.55 bits per heavy atom. The lowest BCUT2D eigenvalue weighted by atomic mass is 10.1. The molecule has 0 radical (unpaired) electrons. The molecule has 0 heterocycles. The summed E-state index contributed by atoms with van der Waals surface area (Å²) in [6.07, 6.45) is 4.28. The van der Waals surface area contributed by atoms with Crippen molar-refractivity contribution in [2.45, 2.75) is 45.4 Å². The summed E-state index contributed by atoms with van der Waals surface area (Å²) < 4.78 is 0. The highest BCUT2D eigenvalue weighted by Crippen LogP contribution is 2.01. The highest BCUT2D eigenvalue weighted by molar-refractivity contribution is 4.79. The van der Waals surface area contributed by atoms with Gasteiger partial charge in [0.25, 0.3) is 0 Å². The van der Waals surface area contributed by atoms with E-state index in [0.717, 1.165) is 19.3 Å². The van der Waals surface area contributed by atoms with Gasteiger partial charge in [-0.2, -0.15) is 0 Å². The average molecular weight is 157 g/mol. The first-order chi connectivity index (χ1) is 5.24. The third-order valence-electron chi connectivity index (χ3n) is 1.76. The van der Waals surface area contributed by atoms with Crippen LogP contribution < -0.4 is 5.32 Å². The van der Waals surface area contributed by atoms with Crippen LogP contribution in [0.3, 0.4) is 0 Å². The highest BCUT2D eigenvalue weighted by atomic mass is 16.3. The lowest BCUT2D eigenvalue weighted by Gasteiger charge is -2.18. The zero-order valence-electron chi connectivity index (χ0n) is 7.51. The topological polar surface area (TPSA) is 32.3 Å². The SMILES string of the molecule is C=C[C@H](O)N[C@@H](CC)CCC. The fourth-order valence-electron chi connectivity index (χ4n) is 1.06. The second-order valence-corrected chi connectivity index (χ2v) is 2.74. The Bertz CT molecular complexity index is 104. The Labute approximate surface area is 69.3 Å². The molecule has 0 unspecified atom stereocenters. The van der Waals surface area contributed by atoms with Crippen LogP contribution in [0, 0.1) is 0 Å². The Kier molecular flexibility index (Phi) is 6.18. The van der Waals surface area contributed by atoms with Gasteiger partial charge in [0.15, 0.2) is 0 Å². The first kappa shape index (κ1) is 10.7. The van der Waals surface area contributed by atoms with Gasteiger partial charge in [0, 0.05) is 6.04 Å². The van der Waals surface area contributed by atoms with Crippen molar-refractivity contribution in [3.63, 3.8) is 0 Å². The second-order valence-electron chi connectivity index (χ2n) is 2.74. The molecule has 2 heteroatoms. The molecule has 0 aliphatic rings. The maximum Gasteiger partial charge on any atom is 0.124 e. The van der Waals surface area contributed by atoms with Gasteiger partial charge >= 0.3 is 0 Å². The van der Waals surface area contributed by atoms with Crippen LogP contribution in [0.1, 0.15) is 33.1 Å². The number of hydrogen-bond acceptors (Lipinski definition) is 2. The van der Waals surface area contributed by atoms with E-state index in [0.29, 0.717) is 6.04 Å². The molecule has 2 N–H and O–H groups in total. The van der Waals surface area contributed by atoms with Gasteiger partial charge in [-0.05, 0) is 18.9 Å². The smallest absolute Gasteiger partial charge is 0.124 e. The molecule has 0 saturated carbocycles. The molecule has 0 saturated heterocycles. The van der Waals surface area contributed by atoms with E-state index >= 15 is 0 Å². The number of nitrogens with one attached hydrogen (secondary N) is 1. The van der Waals surface area contributed by atoms with Gasteiger partial charge in [-0.1, -0.05) is 26.8 Å². The van der Waals surface area contributed by atoms with Gasteiger partial charge in [-0.25, -0.2) is 0 Å². The van der Waals surface area contributed by atoms with Crippen molar-refractivity contribution < 1.29 is 5.11 Å². The predicted molar refractivity (Wildman–Crippen MR) is 48.3 cm³/mol. The van der Waals surface area contributed by atoms with E-state index in [1.54, 1.807) is 0 Å². The van der Waals surface area contributed by atoms with Crippen molar-refractivity contribution in [1.82, 2.24) is 5.32 Å². The van der Waals surface area contributed by atoms with Crippen molar-refractivity contribution in [3.05, 3.63) is 12.7 Å². The first-order valence-electron chi connectivity index (χ1n) is 4.31. The number of aliphatic hydroxyl groups is 1. The van der Waals surface area contributed by atoms with Crippen LogP contribution in [-0.2, 0) is 0 Å². The predicted octanol–water partition coefficient (Wildman–Crippen LogP) is 1.66. The minimum atomic E-state index is -0.550. The fourth-order valence-corrected chi connectivity index (χ4v) is 1.06. The third kappa shape index (κ3) is 4.99. The lowest BCUT2D eigenvalue weighted by molar-refractivity contribution is 0.163. The number of rotatable bonds is 6. The third-order valence-corrected chi connectivity index (χ3v) is 1.76. The maximum absolute atomic E-state index is 9.16. The molecule has 0 aromatic carbocycles. The number of aliphatic hydroxyl groups excluding tert-OH is 1. The molecule has 0 aliphatic carbocycles. The van der Waals surface area contributed by atoms with Crippen LogP contribution in [0.25, 0.3) is 0 Å². The normalized spacial score (nSPS) is 15.9. The molecule has 0 spiro atoms. The van der Waals surface area contributed by atoms with Crippen LogP contribution in [0.15, 0.2) is 12.7 Å². The highest BCUT2D eigenvalue weighted by Gasteiger charge is 2.06. The summed E-state index contributed by atoms with van der Waals surface area (Å²) in [5, 5.41) is 12.2. The summed E-state index contributed by atoms with van der Waals surface area (Å²) in [6, 6.07) is 0.424. The molecule has 0 aromatic rings. The standard InChI is InChI=1S/C9H19NO/c1-4-7-8(5-2)10-9(11)6-3/h6,8-11H,3-5,7H2,1-2H3/t8-,9-/m0/s1. The van der Waals surface area contributed by atoms with Gasteiger partial charge in [-0.3, -0.25) is 5.32 Å². The van der Waals surface area contributed by atoms with E-state index in [9.17, 15) is 0 Å². The number of hydrogen-bond donors (Lipinski definition) is 2. The Balaban J connectivity index is 3.57. The lowest BCUT2D eigenvalue weighted by Crippen LogP contribution is -2.36. The molecule has 66 valence electrons. The molecule has 2 atom stereocenters. The van der Waals surface area contributed by atoms with Crippen molar-refractivity contribution >= 4 is 0 Å². The van der Waals surface area contributed by atoms with Gasteiger partial charge in [-0.15, -0.1) is 0 Å². The molecule has 0 amide bonds. The Morgan fingerprint density at radius 2 is 2.18 bits per heavy atom. The van der Waals surface area contributed by atoms with Gasteiger partial charge < -0.3 is 5.11 Å². The van der Waals surface area contributed by atoms with E-state index < -0.39 is 6.23 Å². The van der Waals surface area contributed by atoms with E-state index in [2.05, 4.69) is 25.7 Å². The van der Waals surface area contributed by atoms with E-state index in [1.807, 2.05) is 0 Å². The summed E-state index contributed by atoms with van der Waals surface area (Å²) >= 11 is 0. The van der Waals surface area contributed by atoms with Crippen LogP contribution >= 0.6 is 0 Å². The summed E-state index contributed by atoms with van der Waals surface area (Å²) in [4.78, 5) is 0. The molecule has 0 aromatic heterocycles. The van der Waals surface area contributed by atoms with E-state index in [4.69, 9.17) is 5.11 Å². The van der Waals surface area contributed by atoms with Crippen LogP contribution in [-0.4, -0.2) is 17.4 Å². The molecule has 0 aliphatic heterocycles. The minimum absolute atomic E-state index is 0.424. The Hall–Kier alpha value is -0.340. The van der Waals surface area contributed by atoms with Crippen molar-refractivity contribution in [3.8, 4) is 0 Å². The van der Waals surface area contributed by atoms with Crippen molar-refractivity contribution in [2.24, 2.45) is 0 Å². The van der Waals surface area contributed by atoms with E-state index in [-0.39, 0.29) is 0 Å². The van der Waals surface area contributed by atoms with Crippen LogP contribution in [0.5, 0.6) is 0 Å². The van der Waals surface area contributed by atoms with Crippen molar-refractivity contribution in [1.29, 1.82) is 0 Å². The average Bonchev–Trinajstić information content (AvgIpc) is 2.03. The summed E-state index contributed by atoms with van der Waals surface area (Å²) in [5.41, 5.74) is 0. The van der Waals surface area contributed by atoms with Crippen LogP contribution in [0.4, 0.5) is 0 Å². The summed E-state index contributed by atoms with van der Waals surface area (Å²) in [7, 11) is 0. The van der Waals surface area contributed by atoms with Crippen LogP contribution in [0.2, 0.25) is 0 Å². The summed E-state index contributed by atoms with van der Waals surface area (Å²) in [6.45, 7) is 7.75. The first-order valence-corrected chi connectivity index (χ1v) is 4.31. The van der Waals surface area contributed by atoms with Gasteiger partial charge in [0.1, 0.15) is 6.23 Å². The van der Waals surface area contributed by atoms with Gasteiger partial charge in [0.2, 0.25) is 0 Å². The van der Waals surface area contributed by atoms with Crippen molar-refractivity contribution in [2.75, 3.05) is 0 Å². The fraction of sp³-hybridized carbons (Fsp3) is 0.778. The zero-order valence-corrected chi connectivity index (χ0v) is 7.51. The molecule has 0 bridgehead atoms. The van der Waals surface area contributed by atoms with E-state index in [1.165, 1.54) is 6.08 Å². The maximum atomic E-state index is 9.16. The molecule has 2 nitrogen and oxygen atoms in total. The molecular formula is C9H19NO. The Morgan fingerprint density at radius 3 is 2.55 bits per heavy atom. The summed E-state index contributed by atoms with van der Waals surface area (Å²) in [5.74, 6) is 0. The molecule has 0 rings (SSSR count). The quantitative estimate of drug-likeness (QED) is 0.454. The monoisotopic (exact) mass is 157 g/mol. The zero-order chi connectivity index (χ0) is 8.69. The molecule has 11 heavy (non-hydrogen) atoms. The second kappa shape index (κ2) is 6.38. The molecular weight excluding hydrogens is 138 g/mol. The minimum Gasteiger partial charge on any atom is -0.375 e. The van der Waals surface area contributed by atoms with Gasteiger partial charge in [0.05, 0.1) is 0 Å².